The number of aromatic nitrogens is 1. The quantitative estimate of drug-likeness (QED) is 0.260. The molecule has 7 heteroatoms. The Morgan fingerprint density at radius 2 is 2.14 bits per heavy atom. The van der Waals surface area contributed by atoms with Gasteiger partial charge in [-0.05, 0) is 23.8 Å². The Morgan fingerprint density at radius 1 is 1.36 bits per heavy atom. The molecule has 22 heavy (non-hydrogen) atoms. The molecule has 0 spiro atoms. The Balaban J connectivity index is 2.09. The van der Waals surface area contributed by atoms with Crippen molar-refractivity contribution >= 4 is 17.3 Å². The zero-order valence-electron chi connectivity index (χ0n) is 12.1. The van der Waals surface area contributed by atoms with E-state index in [1.807, 2.05) is 30.5 Å². The van der Waals surface area contributed by atoms with Crippen molar-refractivity contribution in [3.8, 4) is 12.1 Å². The van der Waals surface area contributed by atoms with Crippen molar-refractivity contribution in [1.29, 1.82) is 5.26 Å². The van der Waals surface area contributed by atoms with Crippen LogP contribution in [0.3, 0.4) is 0 Å². The predicted octanol–water partition coefficient (Wildman–Crippen LogP) is 1.71. The fraction of sp³-hybridized carbons (Fsp3) is 0.133. The maximum atomic E-state index is 8.81. The van der Waals surface area contributed by atoms with Crippen LogP contribution in [0.15, 0.2) is 47.6 Å². The van der Waals surface area contributed by atoms with Gasteiger partial charge in [-0.1, -0.05) is 12.1 Å². The summed E-state index contributed by atoms with van der Waals surface area (Å²) < 4.78 is 5.05. The van der Waals surface area contributed by atoms with Crippen molar-refractivity contribution in [2.45, 2.75) is 6.54 Å². The molecule has 2 aromatic rings. The molecule has 4 N–H and O–H groups in total. The van der Waals surface area contributed by atoms with Gasteiger partial charge in [0, 0.05) is 23.6 Å². The van der Waals surface area contributed by atoms with Gasteiger partial charge in [0.05, 0.1) is 13.7 Å². The van der Waals surface area contributed by atoms with Crippen molar-refractivity contribution in [2.24, 2.45) is 4.99 Å². The fourth-order valence-electron chi connectivity index (χ4n) is 1.69. The van der Waals surface area contributed by atoms with Crippen LogP contribution in [0.2, 0.25) is 0 Å². The van der Waals surface area contributed by atoms with Gasteiger partial charge in [-0.2, -0.15) is 5.26 Å². The number of anilines is 2. The van der Waals surface area contributed by atoms with E-state index < -0.39 is 0 Å². The molecule has 0 saturated carbocycles. The number of hydrogen-bond acceptors (Lipinski definition) is 5. The van der Waals surface area contributed by atoms with Gasteiger partial charge in [0.1, 0.15) is 0 Å². The first kappa shape index (κ1) is 15.1. The predicted molar refractivity (Wildman–Crippen MR) is 85.2 cm³/mol. The molecule has 0 unspecified atom stereocenters. The summed E-state index contributed by atoms with van der Waals surface area (Å²) in [5, 5.41) is 14.3. The maximum absolute atomic E-state index is 8.81. The molecule has 0 fully saturated rings. The summed E-state index contributed by atoms with van der Waals surface area (Å²) >= 11 is 0. The number of rotatable bonds is 4. The second-order valence-corrected chi connectivity index (χ2v) is 4.36. The number of ether oxygens (including phenoxy) is 1. The summed E-state index contributed by atoms with van der Waals surface area (Å²) in [6, 6.07) is 10.8. The first-order valence-corrected chi connectivity index (χ1v) is 6.52. The van der Waals surface area contributed by atoms with Crippen molar-refractivity contribution in [1.82, 2.24) is 10.3 Å². The smallest absolute Gasteiger partial charge is 0.214 e. The van der Waals surface area contributed by atoms with Crippen molar-refractivity contribution in [2.75, 3.05) is 18.2 Å². The van der Waals surface area contributed by atoms with Gasteiger partial charge < -0.3 is 15.8 Å². The Morgan fingerprint density at radius 3 is 2.82 bits per heavy atom. The number of nitriles is 1. The number of methoxy groups -OCH3 is 1. The highest BCUT2D eigenvalue weighted by Gasteiger charge is 2.02. The first-order valence-electron chi connectivity index (χ1n) is 6.52. The summed E-state index contributed by atoms with van der Waals surface area (Å²) in [5.41, 5.74) is 8.04. The number of aliphatic imine (C=N–C) groups is 1. The minimum Gasteiger partial charge on any atom is -0.481 e. The topological polar surface area (TPSA) is 108 Å². The minimum atomic E-state index is 0.340. The lowest BCUT2D eigenvalue weighted by Gasteiger charge is -2.09. The van der Waals surface area contributed by atoms with E-state index in [9.17, 15) is 0 Å². The van der Waals surface area contributed by atoms with E-state index >= 15 is 0 Å². The van der Waals surface area contributed by atoms with Gasteiger partial charge in [-0.25, -0.2) is 9.98 Å². The number of benzene rings is 1. The molecular weight excluding hydrogens is 280 g/mol. The van der Waals surface area contributed by atoms with E-state index in [4.69, 9.17) is 15.7 Å². The molecule has 0 aliphatic heterocycles. The summed E-state index contributed by atoms with van der Waals surface area (Å²) in [5.74, 6) is 0.812. The van der Waals surface area contributed by atoms with Crippen LogP contribution in [0.1, 0.15) is 5.56 Å². The number of guanidine groups is 1. The third-order valence-corrected chi connectivity index (χ3v) is 2.78. The maximum Gasteiger partial charge on any atom is 0.214 e. The summed E-state index contributed by atoms with van der Waals surface area (Å²) in [4.78, 5) is 8.35. The van der Waals surface area contributed by atoms with Crippen LogP contribution in [-0.4, -0.2) is 18.1 Å². The number of nitrogen functional groups attached to an aromatic ring is 1. The Kier molecular flexibility index (Phi) is 5.15. The van der Waals surface area contributed by atoms with E-state index in [0.29, 0.717) is 29.8 Å². The molecule has 1 aromatic carbocycles. The number of hydrogen-bond donors (Lipinski definition) is 3. The molecule has 2 rings (SSSR count). The van der Waals surface area contributed by atoms with Crippen LogP contribution in [-0.2, 0) is 6.54 Å². The molecule has 1 aromatic heterocycles. The molecule has 0 amide bonds. The van der Waals surface area contributed by atoms with Gasteiger partial charge in [0.25, 0.3) is 0 Å². The summed E-state index contributed by atoms with van der Waals surface area (Å²) in [7, 11) is 1.54. The van der Waals surface area contributed by atoms with E-state index in [0.717, 1.165) is 5.56 Å². The molecule has 0 bridgehead atoms. The zero-order chi connectivity index (χ0) is 15.8. The molecular formula is C15H16N6O. The second kappa shape index (κ2) is 7.50. The van der Waals surface area contributed by atoms with Crippen LogP contribution in [0, 0.1) is 11.5 Å². The molecule has 0 saturated heterocycles. The van der Waals surface area contributed by atoms with E-state index in [1.54, 1.807) is 18.3 Å². The Hall–Kier alpha value is -3.27. The number of nitrogens with zero attached hydrogens (tertiary/aromatic N) is 3. The lowest BCUT2D eigenvalue weighted by atomic mass is 10.2. The fourth-order valence-corrected chi connectivity index (χ4v) is 1.69. The minimum absolute atomic E-state index is 0.340. The highest BCUT2D eigenvalue weighted by molar-refractivity contribution is 5.94. The highest BCUT2D eigenvalue weighted by atomic mass is 16.5. The molecule has 0 atom stereocenters. The normalized spacial score (nSPS) is 10.6. The standard InChI is InChI=1S/C15H16N6O/c1-22-14-8-13(6-7-18-14)21-15(20-10-16)19-9-11-2-4-12(17)5-3-11/h2-8H,9,17H2,1H3,(H2,18,19,20,21). The average Bonchev–Trinajstić information content (AvgIpc) is 2.54. The Bertz CT molecular complexity index is 690. The highest BCUT2D eigenvalue weighted by Crippen LogP contribution is 2.13. The van der Waals surface area contributed by atoms with Gasteiger partial charge in [0.2, 0.25) is 11.8 Å². The van der Waals surface area contributed by atoms with E-state index in [1.165, 1.54) is 7.11 Å². The summed E-state index contributed by atoms with van der Waals surface area (Å²) in [6.45, 7) is 0.416. The van der Waals surface area contributed by atoms with E-state index in [2.05, 4.69) is 20.6 Å². The Labute approximate surface area is 128 Å². The molecule has 7 nitrogen and oxygen atoms in total. The lowest BCUT2D eigenvalue weighted by Crippen LogP contribution is -2.26. The van der Waals surface area contributed by atoms with Crippen molar-refractivity contribution in [3.05, 3.63) is 48.2 Å². The second-order valence-electron chi connectivity index (χ2n) is 4.36. The van der Waals surface area contributed by atoms with Crippen LogP contribution < -0.4 is 21.1 Å². The number of pyridine rings is 1. The van der Waals surface area contributed by atoms with Gasteiger partial charge in [-0.3, -0.25) is 5.32 Å². The molecule has 0 aliphatic carbocycles. The first-order chi connectivity index (χ1) is 10.7. The molecule has 0 radical (unpaired) electrons. The SMILES string of the molecule is COc1cc(NC(=NCc2ccc(N)cc2)NC#N)ccn1. The zero-order valence-corrected chi connectivity index (χ0v) is 12.1. The molecule has 0 aliphatic rings. The van der Waals surface area contributed by atoms with Crippen LogP contribution in [0.5, 0.6) is 5.88 Å². The van der Waals surface area contributed by atoms with Gasteiger partial charge in [-0.15, -0.1) is 0 Å². The van der Waals surface area contributed by atoms with Gasteiger partial charge >= 0.3 is 0 Å². The average molecular weight is 296 g/mol. The number of nitrogens with one attached hydrogen (secondary N) is 2. The van der Waals surface area contributed by atoms with Crippen LogP contribution in [0.25, 0.3) is 0 Å². The monoisotopic (exact) mass is 296 g/mol. The van der Waals surface area contributed by atoms with Gasteiger partial charge in [0.15, 0.2) is 6.19 Å². The largest absolute Gasteiger partial charge is 0.481 e. The van der Waals surface area contributed by atoms with Crippen LogP contribution >= 0.6 is 0 Å². The van der Waals surface area contributed by atoms with Crippen molar-refractivity contribution in [3.63, 3.8) is 0 Å². The third-order valence-electron chi connectivity index (χ3n) is 2.78. The van der Waals surface area contributed by atoms with E-state index in [-0.39, 0.29) is 0 Å². The summed E-state index contributed by atoms with van der Waals surface area (Å²) in [6.07, 6.45) is 3.45. The molecule has 112 valence electrons. The molecule has 1 heterocycles. The van der Waals surface area contributed by atoms with Crippen molar-refractivity contribution < 1.29 is 4.74 Å². The lowest BCUT2D eigenvalue weighted by molar-refractivity contribution is 0.398. The third kappa shape index (κ3) is 4.38. The van der Waals surface area contributed by atoms with Crippen LogP contribution in [0.4, 0.5) is 11.4 Å². The number of nitrogens with two attached hydrogens (primary N) is 1.